The largest absolute Gasteiger partial charge is 0.573 e. The fourth-order valence-electron chi connectivity index (χ4n) is 0.890. The summed E-state index contributed by atoms with van der Waals surface area (Å²) >= 11 is 5.63. The van der Waals surface area contributed by atoms with Gasteiger partial charge in [-0.25, -0.2) is 0 Å². The van der Waals surface area contributed by atoms with Crippen LogP contribution in [0.3, 0.4) is 0 Å². The molecule has 0 saturated carbocycles. The van der Waals surface area contributed by atoms with Gasteiger partial charge in [-0.15, -0.1) is 13.2 Å². The Hall–Kier alpha value is -1.85. The summed E-state index contributed by atoms with van der Waals surface area (Å²) in [5.41, 5.74) is 0.262. The van der Waals surface area contributed by atoms with Gasteiger partial charge in [0.15, 0.2) is 6.07 Å². The van der Waals surface area contributed by atoms with Crippen molar-refractivity contribution in [1.82, 2.24) is 0 Å². The lowest BCUT2D eigenvalue weighted by atomic mass is 10.2. The van der Waals surface area contributed by atoms with Gasteiger partial charge in [0.2, 0.25) is 0 Å². The van der Waals surface area contributed by atoms with Gasteiger partial charge in [0.1, 0.15) is 5.75 Å². The van der Waals surface area contributed by atoms with E-state index in [0.29, 0.717) is 0 Å². The zero-order valence-electron chi connectivity index (χ0n) is 7.60. The highest BCUT2D eigenvalue weighted by molar-refractivity contribution is 6.31. The molecule has 0 fully saturated rings. The molecule has 0 spiro atoms. The van der Waals surface area contributed by atoms with Gasteiger partial charge in [-0.05, 0) is 18.1 Å². The van der Waals surface area contributed by atoms with Crippen LogP contribution in [0.15, 0.2) is 18.2 Å². The van der Waals surface area contributed by atoms with Crippen LogP contribution in [0.2, 0.25) is 5.02 Å². The molecule has 0 bridgehead atoms. The number of alkyl halides is 3. The van der Waals surface area contributed by atoms with E-state index in [0.717, 1.165) is 12.1 Å². The number of nitriles is 1. The molecule has 0 aliphatic carbocycles. The average molecular weight is 246 g/mol. The first-order valence-corrected chi connectivity index (χ1v) is 4.25. The van der Waals surface area contributed by atoms with E-state index in [1.165, 1.54) is 6.07 Å². The predicted octanol–water partition coefficient (Wildman–Crippen LogP) is 3.11. The van der Waals surface area contributed by atoms with E-state index in [-0.39, 0.29) is 10.6 Å². The van der Waals surface area contributed by atoms with E-state index >= 15 is 0 Å². The smallest absolute Gasteiger partial charge is 0.406 e. The third-order valence-corrected chi connectivity index (χ3v) is 1.74. The van der Waals surface area contributed by atoms with Gasteiger partial charge in [0.25, 0.3) is 0 Å². The van der Waals surface area contributed by atoms with E-state index in [1.54, 1.807) is 6.07 Å². The summed E-state index contributed by atoms with van der Waals surface area (Å²) in [5, 5.41) is 8.18. The molecule has 0 aromatic heterocycles. The summed E-state index contributed by atoms with van der Waals surface area (Å²) in [5.74, 6) is 4.02. The first-order valence-electron chi connectivity index (χ1n) is 3.88. The molecule has 0 aliphatic heterocycles. The number of benzene rings is 1. The second-order valence-corrected chi connectivity index (χ2v) is 2.96. The summed E-state index contributed by atoms with van der Waals surface area (Å²) in [7, 11) is 0. The summed E-state index contributed by atoms with van der Waals surface area (Å²) in [4.78, 5) is 0. The third-order valence-electron chi connectivity index (χ3n) is 1.43. The van der Waals surface area contributed by atoms with E-state index in [2.05, 4.69) is 16.6 Å². The minimum Gasteiger partial charge on any atom is -0.406 e. The molecule has 1 rings (SSSR count). The molecular formula is C10H3ClF3NO. The SMILES string of the molecule is N#CC#Cc1ccc(OC(F)(F)F)cc1Cl. The van der Waals surface area contributed by atoms with Gasteiger partial charge < -0.3 is 4.74 Å². The minimum atomic E-state index is -4.76. The Labute approximate surface area is 94.2 Å². The second kappa shape index (κ2) is 4.78. The van der Waals surface area contributed by atoms with Gasteiger partial charge in [0.05, 0.1) is 5.02 Å². The van der Waals surface area contributed by atoms with Crippen molar-refractivity contribution in [2.24, 2.45) is 0 Å². The number of hydrogen-bond donors (Lipinski definition) is 0. The lowest BCUT2D eigenvalue weighted by molar-refractivity contribution is -0.274. The van der Waals surface area contributed by atoms with Crippen LogP contribution < -0.4 is 4.74 Å². The standard InChI is InChI=1S/C10H3ClF3NO/c11-9-6-8(16-10(12,13)14)4-3-7(9)2-1-5-15/h3-4,6H. The van der Waals surface area contributed by atoms with E-state index < -0.39 is 12.1 Å². The van der Waals surface area contributed by atoms with Crippen molar-refractivity contribution in [1.29, 1.82) is 5.26 Å². The molecule has 0 N–H and O–H groups in total. The van der Waals surface area contributed by atoms with Gasteiger partial charge >= 0.3 is 6.36 Å². The highest BCUT2D eigenvalue weighted by Crippen LogP contribution is 2.27. The van der Waals surface area contributed by atoms with Crippen LogP contribution in [0, 0.1) is 23.2 Å². The molecule has 16 heavy (non-hydrogen) atoms. The van der Waals surface area contributed by atoms with Gasteiger partial charge in [-0.1, -0.05) is 11.6 Å². The van der Waals surface area contributed by atoms with Gasteiger partial charge in [-0.3, -0.25) is 0 Å². The quantitative estimate of drug-likeness (QED) is 0.712. The minimum absolute atomic E-state index is 0.00972. The molecule has 0 atom stereocenters. The number of halogens is 4. The summed E-state index contributed by atoms with van der Waals surface area (Å²) in [6.07, 6.45) is -4.76. The molecule has 82 valence electrons. The Morgan fingerprint density at radius 3 is 2.50 bits per heavy atom. The maximum atomic E-state index is 11.8. The highest BCUT2D eigenvalue weighted by Gasteiger charge is 2.31. The molecule has 2 nitrogen and oxygen atoms in total. The fourth-order valence-corrected chi connectivity index (χ4v) is 1.11. The molecule has 1 aromatic carbocycles. The number of hydrogen-bond acceptors (Lipinski definition) is 2. The van der Waals surface area contributed by atoms with Crippen LogP contribution in [-0.4, -0.2) is 6.36 Å². The zero-order valence-corrected chi connectivity index (χ0v) is 8.36. The maximum absolute atomic E-state index is 11.8. The van der Waals surface area contributed by atoms with Crippen molar-refractivity contribution in [3.05, 3.63) is 28.8 Å². The molecule has 0 heterocycles. The fraction of sp³-hybridized carbons (Fsp3) is 0.100. The van der Waals surface area contributed by atoms with E-state index in [9.17, 15) is 13.2 Å². The predicted molar refractivity (Wildman–Crippen MR) is 50.6 cm³/mol. The molecule has 0 radical (unpaired) electrons. The van der Waals surface area contributed by atoms with Crippen molar-refractivity contribution < 1.29 is 17.9 Å². The first-order chi connectivity index (χ1) is 7.42. The molecule has 0 unspecified atom stereocenters. The molecule has 0 aliphatic rings. The molecule has 0 saturated heterocycles. The molecule has 6 heteroatoms. The second-order valence-electron chi connectivity index (χ2n) is 2.55. The van der Waals surface area contributed by atoms with Crippen molar-refractivity contribution in [3.8, 4) is 23.7 Å². The lowest BCUT2D eigenvalue weighted by Crippen LogP contribution is -2.17. The van der Waals surface area contributed by atoms with Gasteiger partial charge in [-0.2, -0.15) is 5.26 Å². The maximum Gasteiger partial charge on any atom is 0.573 e. The van der Waals surface area contributed by atoms with Crippen LogP contribution in [0.25, 0.3) is 0 Å². The Kier molecular flexibility index (Phi) is 3.65. The zero-order chi connectivity index (χ0) is 12.2. The molecular weight excluding hydrogens is 243 g/mol. The van der Waals surface area contributed by atoms with Crippen molar-refractivity contribution in [2.45, 2.75) is 6.36 Å². The summed E-state index contributed by atoms with van der Waals surface area (Å²) in [6, 6.07) is 4.86. The first kappa shape index (κ1) is 12.2. The lowest BCUT2D eigenvalue weighted by Gasteiger charge is -2.09. The van der Waals surface area contributed by atoms with Crippen molar-refractivity contribution in [2.75, 3.05) is 0 Å². The Bertz CT molecular complexity index is 494. The van der Waals surface area contributed by atoms with Crippen molar-refractivity contribution >= 4 is 11.6 Å². The van der Waals surface area contributed by atoms with Crippen LogP contribution >= 0.6 is 11.6 Å². The molecule has 1 aromatic rings. The molecule has 0 amide bonds. The number of rotatable bonds is 1. The highest BCUT2D eigenvalue weighted by atomic mass is 35.5. The van der Waals surface area contributed by atoms with Crippen molar-refractivity contribution in [3.63, 3.8) is 0 Å². The Morgan fingerprint density at radius 1 is 1.31 bits per heavy atom. The van der Waals surface area contributed by atoms with Crippen LogP contribution in [0.5, 0.6) is 5.75 Å². The number of nitrogens with zero attached hydrogens (tertiary/aromatic N) is 1. The topological polar surface area (TPSA) is 33.0 Å². The Balaban J connectivity index is 2.97. The van der Waals surface area contributed by atoms with E-state index in [4.69, 9.17) is 16.9 Å². The average Bonchev–Trinajstić information content (AvgIpc) is 2.14. The van der Waals surface area contributed by atoms with Gasteiger partial charge in [0, 0.05) is 17.6 Å². The third kappa shape index (κ3) is 3.72. The number of ether oxygens (including phenoxy) is 1. The van der Waals surface area contributed by atoms with Crippen LogP contribution in [0.1, 0.15) is 5.56 Å². The van der Waals surface area contributed by atoms with Crippen LogP contribution in [0.4, 0.5) is 13.2 Å². The summed E-state index contributed by atoms with van der Waals surface area (Å²) in [6.45, 7) is 0. The Morgan fingerprint density at radius 2 is 2.00 bits per heavy atom. The van der Waals surface area contributed by atoms with E-state index in [1.807, 2.05) is 0 Å². The monoisotopic (exact) mass is 245 g/mol. The van der Waals surface area contributed by atoms with Crippen LogP contribution in [-0.2, 0) is 0 Å². The normalized spacial score (nSPS) is 9.94. The summed E-state index contributed by atoms with van der Waals surface area (Å²) < 4.78 is 39.2.